The van der Waals surface area contributed by atoms with E-state index in [1.807, 2.05) is 48.5 Å². The van der Waals surface area contributed by atoms with Gasteiger partial charge in [0.2, 0.25) is 0 Å². The molecule has 0 radical (unpaired) electrons. The van der Waals surface area contributed by atoms with Gasteiger partial charge < -0.3 is 14.6 Å². The number of amides is 1. The summed E-state index contributed by atoms with van der Waals surface area (Å²) in [5.41, 5.74) is 3.34. The van der Waals surface area contributed by atoms with E-state index in [9.17, 15) is 4.79 Å². The van der Waals surface area contributed by atoms with E-state index in [4.69, 9.17) is 9.72 Å². The first-order valence-corrected chi connectivity index (χ1v) is 11.1. The van der Waals surface area contributed by atoms with Crippen LogP contribution in [0, 0.1) is 0 Å². The number of imidazole rings is 1. The van der Waals surface area contributed by atoms with Crippen molar-refractivity contribution in [1.82, 2.24) is 14.9 Å². The van der Waals surface area contributed by atoms with Gasteiger partial charge in [0.1, 0.15) is 11.6 Å². The second kappa shape index (κ2) is 10.3. The maximum Gasteiger partial charge on any atom is 0.257 e. The van der Waals surface area contributed by atoms with Gasteiger partial charge >= 0.3 is 0 Å². The molecule has 4 rings (SSSR count). The summed E-state index contributed by atoms with van der Waals surface area (Å²) in [6.45, 7) is 1.37. The Labute approximate surface area is 190 Å². The van der Waals surface area contributed by atoms with Gasteiger partial charge in [-0.15, -0.1) is 0 Å². The number of carbonyl (C=O) groups excluding carboxylic acids is 1. The van der Waals surface area contributed by atoms with Crippen molar-refractivity contribution >= 4 is 32.9 Å². The first-order valence-electron chi connectivity index (χ1n) is 10.3. The zero-order chi connectivity index (χ0) is 21.5. The molecule has 4 aromatic rings. The minimum Gasteiger partial charge on any atom is -0.484 e. The van der Waals surface area contributed by atoms with Gasteiger partial charge in [-0.2, -0.15) is 0 Å². The lowest BCUT2D eigenvalue weighted by Crippen LogP contribution is -2.30. The molecule has 1 N–H and O–H groups in total. The molecular weight excluding hydrogens is 454 g/mol. The maximum atomic E-state index is 12.0. The standard InChI is InChI=1S/C25H24BrN3O2/c26-20-14-12-19(13-15-20)17-29-23-10-5-4-9-22(23)28-24(29)11-6-16-27-25(30)18-31-21-7-2-1-3-8-21/h1-5,7-10,12-15H,6,11,16-18H2,(H,27,30). The van der Waals surface area contributed by atoms with Crippen LogP contribution in [-0.4, -0.2) is 28.6 Å². The van der Waals surface area contributed by atoms with E-state index in [0.29, 0.717) is 12.3 Å². The highest BCUT2D eigenvalue weighted by Gasteiger charge is 2.11. The highest BCUT2D eigenvalue weighted by atomic mass is 79.9. The molecule has 3 aromatic carbocycles. The molecule has 0 saturated carbocycles. The summed E-state index contributed by atoms with van der Waals surface area (Å²) in [6, 6.07) is 25.9. The number of benzene rings is 3. The minimum absolute atomic E-state index is 0.0199. The Bertz CT molecular complexity index is 1140. The van der Waals surface area contributed by atoms with Gasteiger partial charge in [-0.1, -0.05) is 58.4 Å². The van der Waals surface area contributed by atoms with Crippen molar-refractivity contribution in [2.24, 2.45) is 0 Å². The predicted octanol–water partition coefficient (Wildman–Crippen LogP) is 4.97. The van der Waals surface area contributed by atoms with Crippen molar-refractivity contribution in [2.75, 3.05) is 13.2 Å². The van der Waals surface area contributed by atoms with Crippen LogP contribution in [0.4, 0.5) is 0 Å². The normalized spacial score (nSPS) is 10.9. The van der Waals surface area contributed by atoms with Gasteiger partial charge in [0.15, 0.2) is 6.61 Å². The number of fused-ring (bicyclic) bond motifs is 1. The van der Waals surface area contributed by atoms with Gasteiger partial charge in [0.25, 0.3) is 5.91 Å². The summed E-state index contributed by atoms with van der Waals surface area (Å²) in [7, 11) is 0. The monoisotopic (exact) mass is 477 g/mol. The van der Waals surface area contributed by atoms with E-state index >= 15 is 0 Å². The number of nitrogens with zero attached hydrogens (tertiary/aromatic N) is 2. The summed E-state index contributed by atoms with van der Waals surface area (Å²) >= 11 is 3.49. The van der Waals surface area contributed by atoms with Gasteiger partial charge in [0.05, 0.1) is 11.0 Å². The Morgan fingerprint density at radius 3 is 2.52 bits per heavy atom. The Kier molecular flexibility index (Phi) is 6.99. The van der Waals surface area contributed by atoms with Crippen molar-refractivity contribution in [3.63, 3.8) is 0 Å². The minimum atomic E-state index is -0.118. The summed E-state index contributed by atoms with van der Waals surface area (Å²) in [4.78, 5) is 16.9. The van der Waals surface area contributed by atoms with Crippen LogP contribution in [0.15, 0.2) is 83.3 Å². The highest BCUT2D eigenvalue weighted by molar-refractivity contribution is 9.10. The second-order valence-electron chi connectivity index (χ2n) is 7.28. The Morgan fingerprint density at radius 2 is 1.71 bits per heavy atom. The van der Waals surface area contributed by atoms with E-state index in [-0.39, 0.29) is 12.5 Å². The fourth-order valence-corrected chi connectivity index (χ4v) is 3.72. The van der Waals surface area contributed by atoms with Crippen molar-refractivity contribution in [3.05, 3.63) is 94.7 Å². The lowest BCUT2D eigenvalue weighted by Gasteiger charge is -2.10. The first-order chi connectivity index (χ1) is 15.2. The van der Waals surface area contributed by atoms with E-state index in [1.165, 1.54) is 5.56 Å². The Hall–Kier alpha value is -3.12. The van der Waals surface area contributed by atoms with Crippen LogP contribution >= 0.6 is 15.9 Å². The van der Waals surface area contributed by atoms with E-state index in [2.05, 4.69) is 56.1 Å². The number of rotatable bonds is 9. The molecule has 0 aliphatic carbocycles. The van der Waals surface area contributed by atoms with Crippen LogP contribution in [0.1, 0.15) is 17.8 Å². The number of hydrogen-bond acceptors (Lipinski definition) is 3. The second-order valence-corrected chi connectivity index (χ2v) is 8.20. The van der Waals surface area contributed by atoms with Crippen LogP contribution in [0.5, 0.6) is 5.75 Å². The molecule has 0 aliphatic rings. The highest BCUT2D eigenvalue weighted by Crippen LogP contribution is 2.20. The van der Waals surface area contributed by atoms with Gasteiger partial charge in [-0.3, -0.25) is 4.79 Å². The molecule has 1 heterocycles. The number of para-hydroxylation sites is 3. The summed E-state index contributed by atoms with van der Waals surface area (Å²) in [6.07, 6.45) is 1.59. The van der Waals surface area contributed by atoms with Crippen molar-refractivity contribution in [1.29, 1.82) is 0 Å². The van der Waals surface area contributed by atoms with E-state index < -0.39 is 0 Å². The average Bonchev–Trinajstić information content (AvgIpc) is 3.15. The van der Waals surface area contributed by atoms with Gasteiger partial charge in [0, 0.05) is 24.0 Å². The van der Waals surface area contributed by atoms with Gasteiger partial charge in [-0.25, -0.2) is 4.98 Å². The fourth-order valence-electron chi connectivity index (χ4n) is 3.46. The number of nitrogens with one attached hydrogen (secondary N) is 1. The van der Waals surface area contributed by atoms with Crippen molar-refractivity contribution in [3.8, 4) is 5.75 Å². The van der Waals surface area contributed by atoms with Crippen LogP contribution in [-0.2, 0) is 17.8 Å². The third kappa shape index (κ3) is 5.73. The average molecular weight is 478 g/mol. The maximum absolute atomic E-state index is 12.0. The third-order valence-electron chi connectivity index (χ3n) is 5.00. The summed E-state index contributed by atoms with van der Waals surface area (Å²) in [5, 5.41) is 2.93. The van der Waals surface area contributed by atoms with Crippen LogP contribution in [0.25, 0.3) is 11.0 Å². The molecule has 0 aliphatic heterocycles. The molecule has 6 heteroatoms. The zero-order valence-corrected chi connectivity index (χ0v) is 18.7. The molecule has 0 unspecified atom stereocenters. The molecule has 1 aromatic heterocycles. The van der Waals surface area contributed by atoms with Gasteiger partial charge in [-0.05, 0) is 48.4 Å². The third-order valence-corrected chi connectivity index (χ3v) is 5.53. The first kappa shape index (κ1) is 21.1. The largest absolute Gasteiger partial charge is 0.484 e. The van der Waals surface area contributed by atoms with Crippen LogP contribution in [0.2, 0.25) is 0 Å². The topological polar surface area (TPSA) is 56.1 Å². The molecule has 158 valence electrons. The molecule has 0 fully saturated rings. The van der Waals surface area contributed by atoms with E-state index in [0.717, 1.165) is 40.7 Å². The van der Waals surface area contributed by atoms with Crippen LogP contribution in [0.3, 0.4) is 0 Å². The predicted molar refractivity (Wildman–Crippen MR) is 126 cm³/mol. The SMILES string of the molecule is O=C(COc1ccccc1)NCCCc1nc2ccccc2n1Cc1ccc(Br)cc1. The lowest BCUT2D eigenvalue weighted by molar-refractivity contribution is -0.123. The fraction of sp³-hybridized carbons (Fsp3) is 0.200. The molecule has 5 nitrogen and oxygen atoms in total. The smallest absolute Gasteiger partial charge is 0.257 e. The Morgan fingerprint density at radius 1 is 0.968 bits per heavy atom. The molecule has 0 saturated heterocycles. The molecule has 0 spiro atoms. The quantitative estimate of drug-likeness (QED) is 0.346. The van der Waals surface area contributed by atoms with Crippen molar-refractivity contribution in [2.45, 2.75) is 19.4 Å². The summed E-state index contributed by atoms with van der Waals surface area (Å²) < 4.78 is 8.82. The molecule has 0 bridgehead atoms. The molecule has 31 heavy (non-hydrogen) atoms. The van der Waals surface area contributed by atoms with E-state index in [1.54, 1.807) is 0 Å². The Balaban J connectivity index is 1.34. The molecular formula is C25H24BrN3O2. The molecule has 0 atom stereocenters. The van der Waals surface area contributed by atoms with Crippen molar-refractivity contribution < 1.29 is 9.53 Å². The number of ether oxygens (including phenoxy) is 1. The summed E-state index contributed by atoms with van der Waals surface area (Å²) in [5.74, 6) is 1.60. The lowest BCUT2D eigenvalue weighted by atomic mass is 10.2. The number of carbonyl (C=O) groups is 1. The number of halogens is 1. The number of aryl methyl sites for hydroxylation is 1. The zero-order valence-electron chi connectivity index (χ0n) is 17.1. The number of hydrogen-bond donors (Lipinski definition) is 1. The number of aromatic nitrogens is 2. The molecule has 1 amide bonds. The van der Waals surface area contributed by atoms with Crippen LogP contribution < -0.4 is 10.1 Å².